The van der Waals surface area contributed by atoms with Gasteiger partial charge in [-0.2, -0.15) is 0 Å². The fraction of sp³-hybridized carbons (Fsp3) is 0.778. The predicted molar refractivity (Wildman–Crippen MR) is 118 cm³/mol. The molecule has 3 fully saturated rings. The SMILES string of the molecule is CC(C)C1CCC(C2CCC3CC(CCc4ccc(O)cc4)CCC3C2)CC1. The van der Waals surface area contributed by atoms with Crippen LogP contribution in [0.2, 0.25) is 0 Å². The Morgan fingerprint density at radius 3 is 2.00 bits per heavy atom. The second-order valence-corrected chi connectivity index (χ2v) is 10.9. The van der Waals surface area contributed by atoms with Crippen molar-refractivity contribution >= 4 is 0 Å². The average molecular weight is 383 g/mol. The highest BCUT2D eigenvalue weighted by Crippen LogP contribution is 2.50. The third-order valence-corrected chi connectivity index (χ3v) is 8.97. The first-order valence-electron chi connectivity index (χ1n) is 12.4. The van der Waals surface area contributed by atoms with Crippen LogP contribution in [0, 0.1) is 41.4 Å². The van der Waals surface area contributed by atoms with Crippen LogP contribution in [0.15, 0.2) is 24.3 Å². The number of hydrogen-bond acceptors (Lipinski definition) is 1. The minimum absolute atomic E-state index is 0.388. The van der Waals surface area contributed by atoms with E-state index >= 15 is 0 Å². The summed E-state index contributed by atoms with van der Waals surface area (Å²) in [6.07, 6.45) is 17.7. The molecule has 0 spiro atoms. The van der Waals surface area contributed by atoms with E-state index in [1.807, 2.05) is 12.1 Å². The minimum atomic E-state index is 0.388. The van der Waals surface area contributed by atoms with Gasteiger partial charge in [-0.05, 0) is 130 Å². The lowest BCUT2D eigenvalue weighted by atomic mass is 9.60. The van der Waals surface area contributed by atoms with Crippen LogP contribution in [-0.4, -0.2) is 5.11 Å². The van der Waals surface area contributed by atoms with E-state index < -0.39 is 0 Å². The Kier molecular flexibility index (Phi) is 6.69. The maximum atomic E-state index is 9.46. The molecule has 0 bridgehead atoms. The van der Waals surface area contributed by atoms with Crippen LogP contribution in [0.3, 0.4) is 0 Å². The number of hydrogen-bond donors (Lipinski definition) is 1. The minimum Gasteiger partial charge on any atom is -0.508 e. The molecular weight excluding hydrogens is 340 g/mol. The van der Waals surface area contributed by atoms with Gasteiger partial charge in [0.2, 0.25) is 0 Å². The van der Waals surface area contributed by atoms with Crippen molar-refractivity contribution in [3.05, 3.63) is 29.8 Å². The van der Waals surface area contributed by atoms with Crippen LogP contribution < -0.4 is 0 Å². The summed E-state index contributed by atoms with van der Waals surface area (Å²) in [5.74, 6) is 7.43. The number of fused-ring (bicyclic) bond motifs is 1. The second kappa shape index (κ2) is 9.23. The number of aryl methyl sites for hydroxylation is 1. The Hall–Kier alpha value is -0.980. The summed E-state index contributed by atoms with van der Waals surface area (Å²) >= 11 is 0. The molecular formula is C27H42O. The Balaban J connectivity index is 1.22. The topological polar surface area (TPSA) is 20.2 Å². The van der Waals surface area contributed by atoms with Gasteiger partial charge >= 0.3 is 0 Å². The maximum Gasteiger partial charge on any atom is 0.115 e. The summed E-state index contributed by atoms with van der Waals surface area (Å²) in [7, 11) is 0. The van der Waals surface area contributed by atoms with Crippen LogP contribution in [0.25, 0.3) is 0 Å². The molecule has 4 atom stereocenters. The summed E-state index contributed by atoms with van der Waals surface area (Å²) in [4.78, 5) is 0. The molecule has 3 aliphatic carbocycles. The summed E-state index contributed by atoms with van der Waals surface area (Å²) in [5, 5.41) is 9.46. The molecule has 1 aromatic rings. The molecule has 0 amide bonds. The molecule has 0 aliphatic heterocycles. The summed E-state index contributed by atoms with van der Waals surface area (Å²) < 4.78 is 0. The molecule has 4 rings (SSSR count). The molecule has 0 heterocycles. The Morgan fingerprint density at radius 2 is 1.32 bits per heavy atom. The van der Waals surface area contributed by atoms with E-state index in [9.17, 15) is 5.11 Å². The van der Waals surface area contributed by atoms with Gasteiger partial charge in [0.25, 0.3) is 0 Å². The molecule has 0 aromatic heterocycles. The van der Waals surface area contributed by atoms with Gasteiger partial charge < -0.3 is 5.11 Å². The molecule has 1 nitrogen and oxygen atoms in total. The molecule has 1 N–H and O–H groups in total. The predicted octanol–water partition coefficient (Wildman–Crippen LogP) is 7.62. The van der Waals surface area contributed by atoms with Crippen molar-refractivity contribution in [2.24, 2.45) is 41.4 Å². The summed E-state index contributed by atoms with van der Waals surface area (Å²) in [6, 6.07) is 7.87. The Morgan fingerprint density at radius 1 is 0.750 bits per heavy atom. The Bertz CT molecular complexity index is 595. The normalized spacial score (nSPS) is 36.2. The zero-order chi connectivity index (χ0) is 19.5. The highest BCUT2D eigenvalue weighted by molar-refractivity contribution is 5.25. The number of phenolic OH excluding ortho intramolecular Hbond substituents is 1. The number of rotatable bonds is 5. The van der Waals surface area contributed by atoms with Gasteiger partial charge in [0.1, 0.15) is 5.75 Å². The van der Waals surface area contributed by atoms with Crippen LogP contribution in [0.4, 0.5) is 0 Å². The molecule has 0 saturated heterocycles. The van der Waals surface area contributed by atoms with E-state index in [0.717, 1.165) is 41.4 Å². The average Bonchev–Trinajstić information content (AvgIpc) is 2.73. The van der Waals surface area contributed by atoms with Crippen molar-refractivity contribution in [2.45, 2.75) is 90.9 Å². The zero-order valence-corrected chi connectivity index (χ0v) is 18.3. The monoisotopic (exact) mass is 382 g/mol. The molecule has 4 unspecified atom stereocenters. The third kappa shape index (κ3) is 4.95. The van der Waals surface area contributed by atoms with Gasteiger partial charge in [0.05, 0.1) is 0 Å². The molecule has 3 saturated carbocycles. The van der Waals surface area contributed by atoms with Crippen LogP contribution in [-0.2, 0) is 6.42 Å². The van der Waals surface area contributed by atoms with E-state index in [2.05, 4.69) is 26.0 Å². The lowest BCUT2D eigenvalue weighted by Crippen LogP contribution is -2.35. The fourth-order valence-electron chi connectivity index (χ4n) is 7.03. The largest absolute Gasteiger partial charge is 0.508 e. The van der Waals surface area contributed by atoms with E-state index in [1.54, 1.807) is 6.42 Å². The molecule has 156 valence electrons. The first-order valence-corrected chi connectivity index (χ1v) is 12.4. The van der Waals surface area contributed by atoms with Gasteiger partial charge in [-0.25, -0.2) is 0 Å². The maximum absolute atomic E-state index is 9.46. The van der Waals surface area contributed by atoms with Crippen LogP contribution in [0.1, 0.15) is 90.0 Å². The fourth-order valence-corrected chi connectivity index (χ4v) is 7.03. The van der Waals surface area contributed by atoms with E-state index in [4.69, 9.17) is 0 Å². The Labute approximate surface area is 173 Å². The zero-order valence-electron chi connectivity index (χ0n) is 18.3. The van der Waals surface area contributed by atoms with E-state index in [0.29, 0.717) is 5.75 Å². The number of aromatic hydroxyl groups is 1. The number of phenols is 1. The molecule has 1 aromatic carbocycles. The first-order chi connectivity index (χ1) is 13.6. The summed E-state index contributed by atoms with van der Waals surface area (Å²) in [5.41, 5.74) is 1.39. The van der Waals surface area contributed by atoms with Gasteiger partial charge in [0.15, 0.2) is 0 Å². The van der Waals surface area contributed by atoms with E-state index in [1.165, 1.54) is 76.2 Å². The van der Waals surface area contributed by atoms with Crippen molar-refractivity contribution in [2.75, 3.05) is 0 Å². The van der Waals surface area contributed by atoms with E-state index in [-0.39, 0.29) is 0 Å². The van der Waals surface area contributed by atoms with Gasteiger partial charge in [0, 0.05) is 0 Å². The van der Waals surface area contributed by atoms with Crippen molar-refractivity contribution in [3.63, 3.8) is 0 Å². The smallest absolute Gasteiger partial charge is 0.115 e. The molecule has 1 heteroatoms. The van der Waals surface area contributed by atoms with Gasteiger partial charge in [-0.1, -0.05) is 32.4 Å². The van der Waals surface area contributed by atoms with Crippen molar-refractivity contribution in [1.29, 1.82) is 0 Å². The van der Waals surface area contributed by atoms with Crippen molar-refractivity contribution < 1.29 is 5.11 Å². The van der Waals surface area contributed by atoms with Crippen molar-refractivity contribution in [3.8, 4) is 5.75 Å². The molecule has 3 aliphatic rings. The van der Waals surface area contributed by atoms with Gasteiger partial charge in [-0.15, -0.1) is 0 Å². The standard InChI is InChI=1S/C27H42O/c1-19(2)22-9-11-23(12-10-22)25-14-13-24-17-21(5-8-26(24)18-25)4-3-20-6-15-27(28)16-7-20/h6-7,15-16,19,21-26,28H,3-5,8-14,17-18H2,1-2H3. The second-order valence-electron chi connectivity index (χ2n) is 10.9. The highest BCUT2D eigenvalue weighted by Gasteiger charge is 2.38. The third-order valence-electron chi connectivity index (χ3n) is 8.97. The first kappa shape index (κ1) is 20.3. The summed E-state index contributed by atoms with van der Waals surface area (Å²) in [6.45, 7) is 4.85. The lowest BCUT2D eigenvalue weighted by Gasteiger charge is -2.45. The molecule has 28 heavy (non-hydrogen) atoms. The lowest BCUT2D eigenvalue weighted by molar-refractivity contribution is 0.0555. The van der Waals surface area contributed by atoms with Crippen LogP contribution in [0.5, 0.6) is 5.75 Å². The van der Waals surface area contributed by atoms with Crippen molar-refractivity contribution in [1.82, 2.24) is 0 Å². The highest BCUT2D eigenvalue weighted by atomic mass is 16.3. The number of benzene rings is 1. The van der Waals surface area contributed by atoms with Gasteiger partial charge in [-0.3, -0.25) is 0 Å². The quantitative estimate of drug-likeness (QED) is 0.555. The van der Waals surface area contributed by atoms with Crippen LogP contribution >= 0.6 is 0 Å². The molecule has 0 radical (unpaired) electrons.